The fraction of sp³-hybridized carbons (Fsp3) is 0.368. The van der Waals surface area contributed by atoms with Crippen LogP contribution in [0.15, 0.2) is 53.7 Å². The molecule has 1 heterocycles. The van der Waals surface area contributed by atoms with Crippen LogP contribution in [-0.4, -0.2) is 32.5 Å². The molecule has 2 rings (SSSR count). The van der Waals surface area contributed by atoms with Crippen molar-refractivity contribution in [3.05, 3.63) is 54.4 Å². The highest BCUT2D eigenvalue weighted by molar-refractivity contribution is 7.89. The fourth-order valence-electron chi connectivity index (χ4n) is 2.50. The number of nitrogens with one attached hydrogen (secondary N) is 2. The van der Waals surface area contributed by atoms with E-state index in [0.29, 0.717) is 18.7 Å². The number of carbonyl (C=O) groups excluding carboxylic acids is 1. The van der Waals surface area contributed by atoms with E-state index in [2.05, 4.69) is 15.0 Å². The molecule has 0 saturated carbocycles. The Balaban J connectivity index is 2.10. The Kier molecular flexibility index (Phi) is 7.32. The molecular formula is C19H25N3O4S. The molecule has 0 aliphatic carbocycles. The van der Waals surface area contributed by atoms with E-state index in [0.717, 1.165) is 5.56 Å². The average Bonchev–Trinajstić information content (AvgIpc) is 2.66. The Morgan fingerprint density at radius 3 is 2.30 bits per heavy atom. The molecule has 8 heteroatoms. The molecule has 0 aliphatic rings. The van der Waals surface area contributed by atoms with E-state index in [4.69, 9.17) is 4.74 Å². The summed E-state index contributed by atoms with van der Waals surface area (Å²) in [7, 11) is -2.33. The Morgan fingerprint density at radius 2 is 1.74 bits per heavy atom. The third-order valence-electron chi connectivity index (χ3n) is 3.91. The summed E-state index contributed by atoms with van der Waals surface area (Å²) in [4.78, 5) is 16.6. The van der Waals surface area contributed by atoms with Gasteiger partial charge in [-0.2, -0.15) is 4.72 Å². The summed E-state index contributed by atoms with van der Waals surface area (Å²) in [5.74, 6) is 0.334. The molecule has 0 spiro atoms. The molecule has 1 atom stereocenters. The SMILES string of the molecule is COc1ccc(S(=O)(=O)N[C@H](CC(C)C)C(=O)NCc2ccncc2)cc1. The van der Waals surface area contributed by atoms with Crippen LogP contribution in [0, 0.1) is 5.92 Å². The van der Waals surface area contributed by atoms with E-state index in [9.17, 15) is 13.2 Å². The van der Waals surface area contributed by atoms with Gasteiger partial charge in [-0.15, -0.1) is 0 Å². The number of hydrogen-bond acceptors (Lipinski definition) is 5. The Hall–Kier alpha value is -2.45. The first-order valence-electron chi connectivity index (χ1n) is 8.65. The van der Waals surface area contributed by atoms with Crippen molar-refractivity contribution in [1.29, 1.82) is 0 Å². The van der Waals surface area contributed by atoms with E-state index < -0.39 is 16.1 Å². The number of hydrogen-bond donors (Lipinski definition) is 2. The maximum atomic E-state index is 12.7. The third kappa shape index (κ3) is 6.33. The van der Waals surface area contributed by atoms with Gasteiger partial charge in [0.15, 0.2) is 0 Å². The number of nitrogens with zero attached hydrogens (tertiary/aromatic N) is 1. The second-order valence-corrected chi connectivity index (χ2v) is 8.27. The first kappa shape index (κ1) is 20.9. The zero-order valence-corrected chi connectivity index (χ0v) is 16.5. The van der Waals surface area contributed by atoms with E-state index in [1.54, 1.807) is 36.7 Å². The topological polar surface area (TPSA) is 97.4 Å². The number of benzene rings is 1. The van der Waals surface area contributed by atoms with Crippen LogP contribution in [0.25, 0.3) is 0 Å². The van der Waals surface area contributed by atoms with Gasteiger partial charge in [0.1, 0.15) is 11.8 Å². The molecule has 0 radical (unpaired) electrons. The lowest BCUT2D eigenvalue weighted by Crippen LogP contribution is -2.47. The van der Waals surface area contributed by atoms with Gasteiger partial charge in [0.2, 0.25) is 15.9 Å². The largest absolute Gasteiger partial charge is 0.497 e. The number of carbonyl (C=O) groups is 1. The normalized spacial score (nSPS) is 12.6. The predicted octanol–water partition coefficient (Wildman–Crippen LogP) is 2.10. The first-order chi connectivity index (χ1) is 12.8. The van der Waals surface area contributed by atoms with E-state index in [1.165, 1.54) is 19.2 Å². The number of rotatable bonds is 9. The third-order valence-corrected chi connectivity index (χ3v) is 5.39. The summed E-state index contributed by atoms with van der Waals surface area (Å²) in [5, 5.41) is 2.78. The molecule has 0 aliphatic heterocycles. The maximum Gasteiger partial charge on any atom is 0.241 e. The fourth-order valence-corrected chi connectivity index (χ4v) is 3.71. The van der Waals surface area contributed by atoms with Gasteiger partial charge in [-0.25, -0.2) is 8.42 Å². The van der Waals surface area contributed by atoms with Crippen LogP contribution in [0.1, 0.15) is 25.8 Å². The monoisotopic (exact) mass is 391 g/mol. The lowest BCUT2D eigenvalue weighted by Gasteiger charge is -2.20. The molecule has 1 aromatic carbocycles. The van der Waals surface area contributed by atoms with Crippen molar-refractivity contribution in [2.24, 2.45) is 5.92 Å². The standard InChI is InChI=1S/C19H25N3O4S/c1-14(2)12-18(19(23)21-13-15-8-10-20-11-9-15)22-27(24,25)17-6-4-16(26-3)5-7-17/h4-11,14,18,22H,12-13H2,1-3H3,(H,21,23)/t18-/m1/s1. The second kappa shape index (κ2) is 9.48. The molecule has 1 amide bonds. The quantitative estimate of drug-likeness (QED) is 0.682. The molecule has 7 nitrogen and oxygen atoms in total. The van der Waals surface area contributed by atoms with Crippen molar-refractivity contribution in [3.63, 3.8) is 0 Å². The summed E-state index contributed by atoms with van der Waals surface area (Å²) in [6.45, 7) is 4.18. The van der Waals surface area contributed by atoms with Gasteiger partial charge >= 0.3 is 0 Å². The molecule has 2 N–H and O–H groups in total. The average molecular weight is 391 g/mol. The number of ether oxygens (including phenoxy) is 1. The van der Waals surface area contributed by atoms with Crippen molar-refractivity contribution in [3.8, 4) is 5.75 Å². The van der Waals surface area contributed by atoms with Crippen molar-refractivity contribution in [1.82, 2.24) is 15.0 Å². The summed E-state index contributed by atoms with van der Waals surface area (Å²) < 4.78 is 32.9. The number of amides is 1. The van der Waals surface area contributed by atoms with Crippen LogP contribution in [-0.2, 0) is 21.4 Å². The van der Waals surface area contributed by atoms with Crippen molar-refractivity contribution in [2.45, 2.75) is 37.8 Å². The van der Waals surface area contributed by atoms with Crippen LogP contribution in [0.4, 0.5) is 0 Å². The summed E-state index contributed by atoms with van der Waals surface area (Å²) >= 11 is 0. The number of sulfonamides is 1. The molecule has 146 valence electrons. The summed E-state index contributed by atoms with van der Waals surface area (Å²) in [6, 6.07) is 8.74. The molecule has 0 unspecified atom stereocenters. The minimum absolute atomic E-state index is 0.0824. The van der Waals surface area contributed by atoms with Crippen molar-refractivity contribution in [2.75, 3.05) is 7.11 Å². The van der Waals surface area contributed by atoms with Crippen LogP contribution >= 0.6 is 0 Å². The van der Waals surface area contributed by atoms with E-state index >= 15 is 0 Å². The molecular weight excluding hydrogens is 366 g/mol. The number of methoxy groups -OCH3 is 1. The molecule has 0 fully saturated rings. The summed E-state index contributed by atoms with van der Waals surface area (Å²) in [5.41, 5.74) is 0.889. The van der Waals surface area contributed by atoms with Crippen LogP contribution < -0.4 is 14.8 Å². The molecule has 1 aromatic heterocycles. The second-order valence-electron chi connectivity index (χ2n) is 6.55. The molecule has 0 saturated heterocycles. The van der Waals surface area contributed by atoms with Gasteiger partial charge in [-0.05, 0) is 54.3 Å². The zero-order valence-electron chi connectivity index (χ0n) is 15.7. The highest BCUT2D eigenvalue weighted by Crippen LogP contribution is 2.17. The molecule has 27 heavy (non-hydrogen) atoms. The molecule has 2 aromatic rings. The maximum absolute atomic E-state index is 12.7. The van der Waals surface area contributed by atoms with Gasteiger partial charge in [-0.1, -0.05) is 13.8 Å². The summed E-state index contributed by atoms with van der Waals surface area (Å²) in [6.07, 6.45) is 3.66. The van der Waals surface area contributed by atoms with Gasteiger partial charge in [0.25, 0.3) is 0 Å². The van der Waals surface area contributed by atoms with Gasteiger partial charge < -0.3 is 10.1 Å². The van der Waals surface area contributed by atoms with Gasteiger partial charge in [0, 0.05) is 18.9 Å². The highest BCUT2D eigenvalue weighted by atomic mass is 32.2. The van der Waals surface area contributed by atoms with Crippen molar-refractivity contribution < 1.29 is 17.9 Å². The van der Waals surface area contributed by atoms with Crippen LogP contribution in [0.5, 0.6) is 5.75 Å². The lowest BCUT2D eigenvalue weighted by molar-refractivity contribution is -0.123. The van der Waals surface area contributed by atoms with Gasteiger partial charge in [-0.3, -0.25) is 9.78 Å². The highest BCUT2D eigenvalue weighted by Gasteiger charge is 2.26. The Bertz CT molecular complexity index is 837. The predicted molar refractivity (Wildman–Crippen MR) is 103 cm³/mol. The van der Waals surface area contributed by atoms with Crippen molar-refractivity contribution >= 4 is 15.9 Å². The molecule has 0 bridgehead atoms. The smallest absolute Gasteiger partial charge is 0.241 e. The first-order valence-corrected chi connectivity index (χ1v) is 10.1. The minimum Gasteiger partial charge on any atom is -0.497 e. The van der Waals surface area contributed by atoms with Gasteiger partial charge in [0.05, 0.1) is 12.0 Å². The van der Waals surface area contributed by atoms with E-state index in [1.807, 2.05) is 13.8 Å². The van der Waals surface area contributed by atoms with E-state index in [-0.39, 0.29) is 16.7 Å². The van der Waals surface area contributed by atoms with Crippen LogP contribution in [0.3, 0.4) is 0 Å². The lowest BCUT2D eigenvalue weighted by atomic mass is 10.0. The van der Waals surface area contributed by atoms with Crippen LogP contribution in [0.2, 0.25) is 0 Å². The minimum atomic E-state index is -3.83. The Morgan fingerprint density at radius 1 is 1.11 bits per heavy atom. The zero-order chi connectivity index (χ0) is 19.9. The number of pyridine rings is 1. The Labute approximate surface area is 160 Å². The number of aromatic nitrogens is 1.